The maximum Gasteiger partial charge on any atom is 0.185 e. The molecule has 6 rings (SSSR count). The van der Waals surface area contributed by atoms with E-state index in [0.29, 0.717) is 5.82 Å². The molecule has 0 saturated heterocycles. The summed E-state index contributed by atoms with van der Waals surface area (Å²) in [7, 11) is 1.67. The molecule has 0 amide bonds. The summed E-state index contributed by atoms with van der Waals surface area (Å²) in [6, 6.07) is 18.5. The molecule has 6 nitrogen and oxygen atoms in total. The van der Waals surface area contributed by atoms with Crippen molar-refractivity contribution in [3.63, 3.8) is 0 Å². The zero-order valence-corrected chi connectivity index (χ0v) is 18.0. The van der Waals surface area contributed by atoms with E-state index in [1.807, 2.05) is 24.3 Å². The Hall–Kier alpha value is -3.29. The Bertz CT molecular complexity index is 1390. The molecule has 4 heterocycles. The molecule has 154 valence electrons. The summed E-state index contributed by atoms with van der Waals surface area (Å²) in [6.45, 7) is 2.95. The van der Waals surface area contributed by atoms with Crippen LogP contribution in [0, 0.1) is 0 Å². The van der Waals surface area contributed by atoms with Crippen LogP contribution in [0.1, 0.15) is 16.0 Å². The standard InChI is InChI=1S/C24H21N5OS/c1-30-19-10-6-5-9-17(19)22-26-23-21-18-11-12-28(13-16-7-3-2-4-8-16)14-20(18)31-24(21)25-15-29(23)27-22/h2-10,15H,11-14H2,1H3. The Balaban J connectivity index is 1.40. The number of methoxy groups -OCH3 is 1. The highest BCUT2D eigenvalue weighted by atomic mass is 32.1. The van der Waals surface area contributed by atoms with Gasteiger partial charge in [-0.2, -0.15) is 0 Å². The van der Waals surface area contributed by atoms with Crippen LogP contribution in [0.4, 0.5) is 0 Å². The summed E-state index contributed by atoms with van der Waals surface area (Å²) < 4.78 is 7.31. The minimum atomic E-state index is 0.660. The van der Waals surface area contributed by atoms with Crippen molar-refractivity contribution in [1.82, 2.24) is 24.5 Å². The number of nitrogens with zero attached hydrogens (tertiary/aromatic N) is 5. The van der Waals surface area contributed by atoms with E-state index in [1.54, 1.807) is 29.3 Å². The van der Waals surface area contributed by atoms with Crippen LogP contribution in [-0.4, -0.2) is 38.1 Å². The van der Waals surface area contributed by atoms with Gasteiger partial charge in [-0.05, 0) is 29.7 Å². The van der Waals surface area contributed by atoms with Crippen molar-refractivity contribution in [2.75, 3.05) is 13.7 Å². The van der Waals surface area contributed by atoms with Gasteiger partial charge in [0.15, 0.2) is 11.5 Å². The Labute approximate surface area is 183 Å². The molecule has 0 bridgehead atoms. The van der Waals surface area contributed by atoms with Gasteiger partial charge >= 0.3 is 0 Å². The summed E-state index contributed by atoms with van der Waals surface area (Å²) in [6.07, 6.45) is 2.77. The first-order valence-corrected chi connectivity index (χ1v) is 11.2. The molecule has 0 radical (unpaired) electrons. The second kappa shape index (κ2) is 7.44. The fourth-order valence-corrected chi connectivity index (χ4v) is 5.59. The van der Waals surface area contributed by atoms with Gasteiger partial charge < -0.3 is 4.74 Å². The molecular weight excluding hydrogens is 406 g/mol. The van der Waals surface area contributed by atoms with Crippen LogP contribution in [0.5, 0.6) is 5.75 Å². The topological polar surface area (TPSA) is 55.6 Å². The highest BCUT2D eigenvalue weighted by Gasteiger charge is 2.24. The predicted octanol–water partition coefficient (Wildman–Crippen LogP) is 4.57. The number of benzene rings is 2. The Morgan fingerprint density at radius 3 is 2.77 bits per heavy atom. The fourth-order valence-electron chi connectivity index (χ4n) is 4.36. The van der Waals surface area contributed by atoms with Crippen LogP contribution in [0.3, 0.4) is 0 Å². The van der Waals surface area contributed by atoms with E-state index < -0.39 is 0 Å². The monoisotopic (exact) mass is 427 g/mol. The maximum absolute atomic E-state index is 5.51. The largest absolute Gasteiger partial charge is 0.496 e. The van der Waals surface area contributed by atoms with E-state index in [1.165, 1.54) is 16.0 Å². The van der Waals surface area contributed by atoms with Gasteiger partial charge in [0.25, 0.3) is 0 Å². The highest BCUT2D eigenvalue weighted by molar-refractivity contribution is 7.19. The first-order valence-electron chi connectivity index (χ1n) is 10.4. The first kappa shape index (κ1) is 18.5. The molecule has 2 aromatic carbocycles. The van der Waals surface area contributed by atoms with Gasteiger partial charge in [0.05, 0.1) is 18.1 Å². The Morgan fingerprint density at radius 2 is 1.90 bits per heavy atom. The van der Waals surface area contributed by atoms with Crippen molar-refractivity contribution in [2.45, 2.75) is 19.5 Å². The predicted molar refractivity (Wildman–Crippen MR) is 122 cm³/mol. The third-order valence-corrected chi connectivity index (χ3v) is 6.98. The third-order valence-electron chi connectivity index (χ3n) is 5.85. The van der Waals surface area contributed by atoms with Crippen molar-refractivity contribution in [2.24, 2.45) is 0 Å². The second-order valence-corrected chi connectivity index (χ2v) is 8.86. The fraction of sp³-hybridized carbons (Fsp3) is 0.208. The molecule has 7 heteroatoms. The van der Waals surface area contributed by atoms with Crippen LogP contribution in [0.2, 0.25) is 0 Å². The number of rotatable bonds is 4. The van der Waals surface area contributed by atoms with E-state index in [-0.39, 0.29) is 0 Å². The van der Waals surface area contributed by atoms with E-state index in [9.17, 15) is 0 Å². The molecule has 0 atom stereocenters. The van der Waals surface area contributed by atoms with Gasteiger partial charge in [0, 0.05) is 24.5 Å². The molecule has 1 aliphatic heterocycles. The zero-order valence-electron chi connectivity index (χ0n) is 17.2. The lowest BCUT2D eigenvalue weighted by Crippen LogP contribution is -2.29. The average molecular weight is 428 g/mol. The molecule has 0 spiro atoms. The first-order chi connectivity index (χ1) is 15.3. The van der Waals surface area contributed by atoms with Crippen molar-refractivity contribution in [3.8, 4) is 17.1 Å². The van der Waals surface area contributed by atoms with Crippen LogP contribution in [0.25, 0.3) is 27.3 Å². The van der Waals surface area contributed by atoms with Gasteiger partial charge in [0.2, 0.25) is 0 Å². The van der Waals surface area contributed by atoms with Crippen LogP contribution in [0.15, 0.2) is 60.9 Å². The number of fused-ring (bicyclic) bond motifs is 5. The number of para-hydroxylation sites is 1. The van der Waals surface area contributed by atoms with Crippen molar-refractivity contribution < 1.29 is 4.74 Å². The Kier molecular flexibility index (Phi) is 4.44. The molecule has 3 aromatic heterocycles. The van der Waals surface area contributed by atoms with Gasteiger partial charge in [-0.3, -0.25) is 4.90 Å². The molecule has 5 aromatic rings. The van der Waals surface area contributed by atoms with E-state index >= 15 is 0 Å². The summed E-state index contributed by atoms with van der Waals surface area (Å²) in [5.74, 6) is 1.43. The smallest absolute Gasteiger partial charge is 0.185 e. The zero-order chi connectivity index (χ0) is 20.8. The molecule has 1 aliphatic rings. The van der Waals surface area contributed by atoms with Gasteiger partial charge in [0.1, 0.15) is 16.9 Å². The highest BCUT2D eigenvalue weighted by Crippen LogP contribution is 2.37. The lowest BCUT2D eigenvalue weighted by Gasteiger charge is -2.26. The second-order valence-electron chi connectivity index (χ2n) is 7.78. The number of ether oxygens (including phenoxy) is 1. The van der Waals surface area contributed by atoms with E-state index in [4.69, 9.17) is 19.8 Å². The number of hydrogen-bond donors (Lipinski definition) is 0. The van der Waals surface area contributed by atoms with Crippen molar-refractivity contribution >= 4 is 27.2 Å². The number of hydrogen-bond acceptors (Lipinski definition) is 6. The van der Waals surface area contributed by atoms with Crippen LogP contribution >= 0.6 is 11.3 Å². The van der Waals surface area contributed by atoms with E-state index in [2.05, 4.69) is 35.2 Å². The molecule has 0 saturated carbocycles. The van der Waals surface area contributed by atoms with Crippen molar-refractivity contribution in [3.05, 3.63) is 76.9 Å². The van der Waals surface area contributed by atoms with E-state index in [0.717, 1.165) is 53.2 Å². The maximum atomic E-state index is 5.51. The quantitative estimate of drug-likeness (QED) is 0.420. The minimum Gasteiger partial charge on any atom is -0.496 e. The van der Waals surface area contributed by atoms with Crippen molar-refractivity contribution in [1.29, 1.82) is 0 Å². The lowest BCUT2D eigenvalue weighted by atomic mass is 10.0. The lowest BCUT2D eigenvalue weighted by molar-refractivity contribution is 0.249. The number of thiophene rings is 1. The van der Waals surface area contributed by atoms with Gasteiger partial charge in [-0.15, -0.1) is 16.4 Å². The molecule has 0 aliphatic carbocycles. The molecule has 31 heavy (non-hydrogen) atoms. The summed E-state index contributed by atoms with van der Waals surface area (Å²) >= 11 is 1.78. The molecule has 0 N–H and O–H groups in total. The average Bonchev–Trinajstić information content (AvgIpc) is 3.40. The number of aromatic nitrogens is 4. The van der Waals surface area contributed by atoms with Crippen LogP contribution in [-0.2, 0) is 19.5 Å². The summed E-state index contributed by atoms with van der Waals surface area (Å²) in [5, 5.41) is 5.85. The van der Waals surface area contributed by atoms with Gasteiger partial charge in [-0.1, -0.05) is 42.5 Å². The van der Waals surface area contributed by atoms with Gasteiger partial charge in [-0.25, -0.2) is 14.5 Å². The normalized spacial score (nSPS) is 14.2. The molecule has 0 unspecified atom stereocenters. The molecule has 0 fully saturated rings. The molecular formula is C24H21N5OS. The third kappa shape index (κ3) is 3.17. The Morgan fingerprint density at radius 1 is 1.06 bits per heavy atom. The SMILES string of the molecule is COc1ccccc1-c1nc2c3c4c(sc3ncn2n1)CN(Cc1ccccc1)CC4. The summed E-state index contributed by atoms with van der Waals surface area (Å²) in [5.41, 5.74) is 4.49. The van der Waals surface area contributed by atoms with Crippen LogP contribution < -0.4 is 4.74 Å². The summed E-state index contributed by atoms with van der Waals surface area (Å²) in [4.78, 5) is 14.6. The minimum absolute atomic E-state index is 0.660.